The third-order valence-corrected chi connectivity index (χ3v) is 2.17. The average Bonchev–Trinajstić information content (AvgIpc) is 2.26. The van der Waals surface area contributed by atoms with E-state index in [4.69, 9.17) is 0 Å². The molecule has 0 aliphatic carbocycles. The van der Waals surface area contributed by atoms with Crippen molar-refractivity contribution >= 4 is 22.2 Å². The van der Waals surface area contributed by atoms with E-state index in [2.05, 4.69) is 20.1 Å². The molecule has 3 heteroatoms. The van der Waals surface area contributed by atoms with Gasteiger partial charge in [-0.15, -0.1) is 0 Å². The van der Waals surface area contributed by atoms with Crippen LogP contribution in [0, 0.1) is 0 Å². The van der Waals surface area contributed by atoms with E-state index in [-0.39, 0.29) is 5.97 Å². The fraction of sp³-hybridized carbons (Fsp3) is 0.182. The van der Waals surface area contributed by atoms with Crippen molar-refractivity contribution in [2.45, 2.75) is 13.3 Å². The van der Waals surface area contributed by atoms with Gasteiger partial charge in [-0.25, -0.2) is 4.79 Å². The Morgan fingerprint density at radius 1 is 1.43 bits per heavy atom. The van der Waals surface area contributed by atoms with Crippen molar-refractivity contribution in [3.63, 3.8) is 0 Å². The van der Waals surface area contributed by atoms with Crippen LogP contribution in [-0.2, 0) is 15.0 Å². The summed E-state index contributed by atoms with van der Waals surface area (Å²) in [7, 11) is 0. The van der Waals surface area contributed by atoms with Crippen LogP contribution in [0.3, 0.4) is 0 Å². The summed E-state index contributed by atoms with van der Waals surface area (Å²) in [6.07, 6.45) is 2.59. The van der Waals surface area contributed by atoms with Crippen molar-refractivity contribution in [1.82, 2.24) is 0 Å². The highest BCUT2D eigenvalue weighted by molar-refractivity contribution is 9.06. The monoisotopic (exact) mass is 254 g/mol. The topological polar surface area (TPSA) is 26.3 Å². The van der Waals surface area contributed by atoms with Crippen molar-refractivity contribution in [2.75, 3.05) is 0 Å². The largest absolute Gasteiger partial charge is 0.380 e. The van der Waals surface area contributed by atoms with E-state index < -0.39 is 0 Å². The van der Waals surface area contributed by atoms with Gasteiger partial charge in [0, 0.05) is 5.57 Å². The van der Waals surface area contributed by atoms with Gasteiger partial charge in [0.25, 0.3) is 0 Å². The first-order valence-corrected chi connectivity index (χ1v) is 4.92. The van der Waals surface area contributed by atoms with Crippen LogP contribution < -0.4 is 0 Å². The Balaban J connectivity index is 2.59. The predicted molar refractivity (Wildman–Crippen MR) is 58.9 cm³/mol. The molecular formula is C11H11BrO2. The highest BCUT2D eigenvalue weighted by Gasteiger charge is 2.02. The molecule has 1 rings (SSSR count). The molecule has 0 saturated heterocycles. The van der Waals surface area contributed by atoms with Crippen LogP contribution in [0.2, 0.25) is 0 Å². The minimum absolute atomic E-state index is 0.346. The number of benzene rings is 1. The molecule has 0 N–H and O–H groups in total. The summed E-state index contributed by atoms with van der Waals surface area (Å²) in [5.74, 6) is -0.346. The number of halogens is 1. The number of hydrogen-bond acceptors (Lipinski definition) is 2. The molecule has 1 aromatic rings. The van der Waals surface area contributed by atoms with E-state index in [1.54, 1.807) is 6.92 Å². The van der Waals surface area contributed by atoms with Gasteiger partial charge in [0.05, 0.1) is 0 Å². The number of carbonyl (C=O) groups is 1. The maximum atomic E-state index is 11.0. The first-order chi connectivity index (χ1) is 6.74. The molecular weight excluding hydrogens is 244 g/mol. The van der Waals surface area contributed by atoms with Crippen LogP contribution in [0.25, 0.3) is 0 Å². The molecule has 0 radical (unpaired) electrons. The van der Waals surface area contributed by atoms with Gasteiger partial charge in [-0.3, -0.25) is 0 Å². The second-order valence-electron chi connectivity index (χ2n) is 2.94. The van der Waals surface area contributed by atoms with Gasteiger partial charge >= 0.3 is 5.97 Å². The highest BCUT2D eigenvalue weighted by Crippen LogP contribution is 2.05. The predicted octanol–water partition coefficient (Wildman–Crippen LogP) is 3.03. The van der Waals surface area contributed by atoms with Crippen molar-refractivity contribution in [3.8, 4) is 0 Å². The molecule has 0 amide bonds. The van der Waals surface area contributed by atoms with Crippen LogP contribution in [0.4, 0.5) is 0 Å². The van der Waals surface area contributed by atoms with Crippen LogP contribution in [-0.4, -0.2) is 5.97 Å². The first kappa shape index (κ1) is 11.0. The summed E-state index contributed by atoms with van der Waals surface area (Å²) >= 11 is 2.65. The molecule has 14 heavy (non-hydrogen) atoms. The van der Waals surface area contributed by atoms with E-state index in [9.17, 15) is 4.79 Å². The van der Waals surface area contributed by atoms with E-state index >= 15 is 0 Å². The molecule has 0 heterocycles. The maximum Gasteiger partial charge on any atom is 0.344 e. The molecule has 0 aliphatic rings. The van der Waals surface area contributed by atoms with Crippen LogP contribution in [0.5, 0.6) is 0 Å². The van der Waals surface area contributed by atoms with Gasteiger partial charge in [0.1, 0.15) is 0 Å². The number of allylic oxidation sites excluding steroid dienone is 1. The average molecular weight is 255 g/mol. The molecule has 0 saturated carbocycles. The maximum absolute atomic E-state index is 11.0. The SMILES string of the molecule is CC(=CCc1ccccc1)C(=O)OBr. The van der Waals surface area contributed by atoms with Crippen LogP contribution >= 0.6 is 16.3 Å². The van der Waals surface area contributed by atoms with E-state index in [1.807, 2.05) is 36.4 Å². The minimum Gasteiger partial charge on any atom is -0.380 e. The lowest BCUT2D eigenvalue weighted by Gasteiger charge is -1.97. The van der Waals surface area contributed by atoms with Gasteiger partial charge in [0.15, 0.2) is 16.3 Å². The molecule has 0 bridgehead atoms. The molecule has 2 nitrogen and oxygen atoms in total. The fourth-order valence-corrected chi connectivity index (χ4v) is 1.28. The van der Waals surface area contributed by atoms with Crippen molar-refractivity contribution in [2.24, 2.45) is 0 Å². The molecule has 0 aromatic heterocycles. The van der Waals surface area contributed by atoms with E-state index in [0.29, 0.717) is 5.57 Å². The minimum atomic E-state index is -0.346. The Kier molecular flexibility index (Phi) is 4.40. The zero-order valence-corrected chi connectivity index (χ0v) is 9.45. The number of hydrogen-bond donors (Lipinski definition) is 0. The smallest absolute Gasteiger partial charge is 0.344 e. The Hall–Kier alpha value is -1.09. The molecule has 0 aliphatic heterocycles. The summed E-state index contributed by atoms with van der Waals surface area (Å²) in [6.45, 7) is 1.73. The summed E-state index contributed by atoms with van der Waals surface area (Å²) in [4.78, 5) is 11.0. The zero-order valence-electron chi connectivity index (χ0n) is 7.87. The lowest BCUT2D eigenvalue weighted by Crippen LogP contribution is -1.98. The van der Waals surface area contributed by atoms with Gasteiger partial charge < -0.3 is 3.83 Å². The molecule has 0 unspecified atom stereocenters. The Morgan fingerprint density at radius 2 is 2.07 bits per heavy atom. The highest BCUT2D eigenvalue weighted by atomic mass is 79.9. The Morgan fingerprint density at radius 3 is 2.64 bits per heavy atom. The third kappa shape index (κ3) is 3.34. The molecule has 74 valence electrons. The second-order valence-corrected chi connectivity index (χ2v) is 3.27. The summed E-state index contributed by atoms with van der Waals surface area (Å²) in [5.41, 5.74) is 1.78. The standard InChI is InChI=1S/C11H11BrO2/c1-9(11(13)14-12)7-8-10-5-3-2-4-6-10/h2-7H,8H2,1H3. The summed E-state index contributed by atoms with van der Waals surface area (Å²) < 4.78 is 4.41. The quantitative estimate of drug-likeness (QED) is 0.776. The second kappa shape index (κ2) is 5.60. The Bertz CT molecular complexity index is 330. The van der Waals surface area contributed by atoms with Crippen molar-refractivity contribution in [1.29, 1.82) is 0 Å². The molecule has 1 aromatic carbocycles. The summed E-state index contributed by atoms with van der Waals surface area (Å²) in [6, 6.07) is 9.95. The van der Waals surface area contributed by atoms with Crippen LogP contribution in [0.1, 0.15) is 12.5 Å². The fourth-order valence-electron chi connectivity index (χ4n) is 1.03. The van der Waals surface area contributed by atoms with Gasteiger partial charge in [-0.05, 0) is 18.9 Å². The third-order valence-electron chi connectivity index (χ3n) is 1.88. The molecule has 0 fully saturated rings. The Labute approximate surface area is 92.0 Å². The van der Waals surface area contributed by atoms with Gasteiger partial charge in [-0.2, -0.15) is 0 Å². The first-order valence-electron chi connectivity index (χ1n) is 4.27. The van der Waals surface area contributed by atoms with E-state index in [0.717, 1.165) is 6.42 Å². The van der Waals surface area contributed by atoms with Gasteiger partial charge in [-0.1, -0.05) is 36.4 Å². The molecule has 0 spiro atoms. The zero-order chi connectivity index (χ0) is 10.4. The van der Waals surface area contributed by atoms with Crippen molar-refractivity contribution in [3.05, 3.63) is 47.5 Å². The number of carbonyl (C=O) groups excluding carboxylic acids is 1. The lowest BCUT2D eigenvalue weighted by molar-refractivity contribution is -0.128. The van der Waals surface area contributed by atoms with E-state index in [1.165, 1.54) is 5.56 Å². The van der Waals surface area contributed by atoms with Gasteiger partial charge in [0.2, 0.25) is 0 Å². The molecule has 0 atom stereocenters. The normalized spacial score (nSPS) is 11.1. The lowest BCUT2D eigenvalue weighted by atomic mass is 10.1. The number of rotatable bonds is 3. The van der Waals surface area contributed by atoms with Crippen LogP contribution in [0.15, 0.2) is 42.0 Å². The summed E-state index contributed by atoms with van der Waals surface area (Å²) in [5, 5.41) is 0. The van der Waals surface area contributed by atoms with Crippen molar-refractivity contribution < 1.29 is 8.62 Å².